The number of nitrogens with zero attached hydrogens (tertiary/aromatic N) is 1. The van der Waals surface area contributed by atoms with Gasteiger partial charge in [-0.15, -0.1) is 0 Å². The molecule has 1 heterocycles. The van der Waals surface area contributed by atoms with Gasteiger partial charge in [0.2, 0.25) is 0 Å². The predicted octanol–water partition coefficient (Wildman–Crippen LogP) is 4.60. The smallest absolute Gasteiger partial charge is 0.266 e. The number of carbonyl (C=O) groups is 1. The van der Waals surface area contributed by atoms with Crippen molar-refractivity contribution in [3.63, 3.8) is 0 Å². The van der Waals surface area contributed by atoms with Gasteiger partial charge in [-0.25, -0.2) is 9.37 Å². The minimum atomic E-state index is -0.707. The van der Waals surface area contributed by atoms with Gasteiger partial charge >= 0.3 is 0 Å². The fourth-order valence-corrected chi connectivity index (χ4v) is 3.23. The summed E-state index contributed by atoms with van der Waals surface area (Å²) in [7, 11) is 0. The highest BCUT2D eigenvalue weighted by atomic mass is 79.9. The number of amides is 1. The fourth-order valence-electron chi connectivity index (χ4n) is 1.97. The number of rotatable bonds is 4. The SMILES string of the molecule is CC(Oc1cccc(Br)c1)C(=O)Nc1nc2c(F)cccc2s1. The van der Waals surface area contributed by atoms with Crippen molar-refractivity contribution in [1.29, 1.82) is 0 Å². The first-order chi connectivity index (χ1) is 11.0. The summed E-state index contributed by atoms with van der Waals surface area (Å²) in [6.07, 6.45) is -0.707. The van der Waals surface area contributed by atoms with E-state index >= 15 is 0 Å². The molecule has 0 radical (unpaired) electrons. The number of ether oxygens (including phenoxy) is 1. The summed E-state index contributed by atoms with van der Waals surface area (Å²) >= 11 is 4.56. The molecule has 0 saturated heterocycles. The van der Waals surface area contributed by atoms with Crippen LogP contribution in [0, 0.1) is 5.82 Å². The lowest BCUT2D eigenvalue weighted by molar-refractivity contribution is -0.122. The highest BCUT2D eigenvalue weighted by molar-refractivity contribution is 9.10. The molecule has 0 aliphatic heterocycles. The lowest BCUT2D eigenvalue weighted by atomic mass is 10.3. The number of thiazole rings is 1. The van der Waals surface area contributed by atoms with Crippen molar-refractivity contribution < 1.29 is 13.9 Å². The maximum atomic E-state index is 13.6. The van der Waals surface area contributed by atoms with Gasteiger partial charge in [0.05, 0.1) is 4.70 Å². The van der Waals surface area contributed by atoms with Crippen LogP contribution in [0.1, 0.15) is 6.92 Å². The van der Waals surface area contributed by atoms with Crippen LogP contribution in [0.2, 0.25) is 0 Å². The van der Waals surface area contributed by atoms with Crippen molar-refractivity contribution in [3.8, 4) is 5.75 Å². The van der Waals surface area contributed by atoms with E-state index in [-0.39, 0.29) is 11.4 Å². The molecule has 0 fully saturated rings. The molecule has 0 aliphatic rings. The number of anilines is 1. The molecule has 23 heavy (non-hydrogen) atoms. The fraction of sp³-hybridized carbons (Fsp3) is 0.125. The zero-order valence-corrected chi connectivity index (χ0v) is 14.4. The largest absolute Gasteiger partial charge is 0.481 e. The zero-order valence-electron chi connectivity index (χ0n) is 12.0. The standard InChI is InChI=1S/C16H12BrFN2O2S/c1-9(22-11-5-2-4-10(17)8-11)15(21)20-16-19-14-12(18)6-3-7-13(14)23-16/h2-9H,1H3,(H,19,20,21). The Balaban J connectivity index is 1.71. The van der Waals surface area contributed by atoms with E-state index in [0.29, 0.717) is 15.6 Å². The molecule has 1 unspecified atom stereocenters. The molecule has 0 bridgehead atoms. The molecule has 1 atom stereocenters. The van der Waals surface area contributed by atoms with E-state index in [1.54, 1.807) is 31.2 Å². The zero-order chi connectivity index (χ0) is 16.4. The molecule has 2 aromatic carbocycles. The molecule has 0 aliphatic carbocycles. The Bertz CT molecular complexity index is 868. The molecular formula is C16H12BrFN2O2S. The van der Waals surface area contributed by atoms with Crippen LogP contribution < -0.4 is 10.1 Å². The average molecular weight is 395 g/mol. The number of hydrogen-bond acceptors (Lipinski definition) is 4. The predicted molar refractivity (Wildman–Crippen MR) is 92.4 cm³/mol. The van der Waals surface area contributed by atoms with Gasteiger partial charge in [0.25, 0.3) is 5.91 Å². The number of hydrogen-bond donors (Lipinski definition) is 1. The topological polar surface area (TPSA) is 51.2 Å². The van der Waals surface area contributed by atoms with Gasteiger partial charge in [-0.2, -0.15) is 0 Å². The number of para-hydroxylation sites is 1. The van der Waals surface area contributed by atoms with E-state index in [1.807, 2.05) is 12.1 Å². The highest BCUT2D eigenvalue weighted by Gasteiger charge is 2.17. The van der Waals surface area contributed by atoms with Crippen LogP contribution >= 0.6 is 27.3 Å². The number of fused-ring (bicyclic) bond motifs is 1. The monoisotopic (exact) mass is 394 g/mol. The summed E-state index contributed by atoms with van der Waals surface area (Å²) in [5.41, 5.74) is 0.258. The second-order valence-electron chi connectivity index (χ2n) is 4.81. The van der Waals surface area contributed by atoms with Crippen molar-refractivity contribution in [2.75, 3.05) is 5.32 Å². The Labute approximate surface area is 144 Å². The van der Waals surface area contributed by atoms with Crippen LogP contribution in [0.15, 0.2) is 46.9 Å². The quantitative estimate of drug-likeness (QED) is 0.702. The third kappa shape index (κ3) is 3.68. The summed E-state index contributed by atoms with van der Waals surface area (Å²) in [5.74, 6) is -0.167. The molecule has 118 valence electrons. The van der Waals surface area contributed by atoms with Crippen molar-refractivity contribution in [2.45, 2.75) is 13.0 Å². The highest BCUT2D eigenvalue weighted by Crippen LogP contribution is 2.27. The third-order valence-corrected chi connectivity index (χ3v) is 4.51. The maximum Gasteiger partial charge on any atom is 0.266 e. The van der Waals surface area contributed by atoms with Gasteiger partial charge in [-0.3, -0.25) is 10.1 Å². The van der Waals surface area contributed by atoms with Crippen LogP contribution in [0.5, 0.6) is 5.75 Å². The molecule has 3 rings (SSSR count). The lowest BCUT2D eigenvalue weighted by Crippen LogP contribution is -2.30. The van der Waals surface area contributed by atoms with E-state index in [9.17, 15) is 9.18 Å². The molecule has 0 spiro atoms. The molecule has 1 aromatic heterocycles. The van der Waals surface area contributed by atoms with Gasteiger partial charge in [0, 0.05) is 4.47 Å². The Hall–Kier alpha value is -1.99. The number of nitrogens with one attached hydrogen (secondary N) is 1. The number of halogens is 2. The van der Waals surface area contributed by atoms with Crippen molar-refractivity contribution >= 4 is 48.5 Å². The minimum Gasteiger partial charge on any atom is -0.481 e. The summed E-state index contributed by atoms with van der Waals surface area (Å²) in [6.45, 7) is 1.64. The molecule has 4 nitrogen and oxygen atoms in total. The van der Waals surface area contributed by atoms with Crippen molar-refractivity contribution in [3.05, 3.63) is 52.8 Å². The van der Waals surface area contributed by atoms with E-state index in [4.69, 9.17) is 4.74 Å². The summed E-state index contributed by atoms with van der Waals surface area (Å²) in [6, 6.07) is 11.9. The van der Waals surface area contributed by atoms with Gasteiger partial charge in [0.1, 0.15) is 17.1 Å². The first-order valence-corrected chi connectivity index (χ1v) is 8.42. The van der Waals surface area contributed by atoms with E-state index in [2.05, 4.69) is 26.2 Å². The van der Waals surface area contributed by atoms with E-state index in [0.717, 1.165) is 4.47 Å². The van der Waals surface area contributed by atoms with E-state index in [1.165, 1.54) is 17.4 Å². The lowest BCUT2D eigenvalue weighted by Gasteiger charge is -2.13. The Morgan fingerprint density at radius 3 is 2.87 bits per heavy atom. The van der Waals surface area contributed by atoms with Gasteiger partial charge in [-0.1, -0.05) is 39.4 Å². The maximum absolute atomic E-state index is 13.6. The second kappa shape index (κ2) is 6.64. The van der Waals surface area contributed by atoms with Crippen LogP contribution in [-0.4, -0.2) is 17.0 Å². The molecular weight excluding hydrogens is 383 g/mol. The Kier molecular flexibility index (Phi) is 4.58. The van der Waals surface area contributed by atoms with E-state index < -0.39 is 11.9 Å². The second-order valence-corrected chi connectivity index (χ2v) is 6.76. The minimum absolute atomic E-state index is 0.258. The number of aromatic nitrogens is 1. The van der Waals surface area contributed by atoms with Gasteiger partial charge < -0.3 is 4.74 Å². The van der Waals surface area contributed by atoms with Crippen LogP contribution in [0.25, 0.3) is 10.2 Å². The number of carbonyl (C=O) groups excluding carboxylic acids is 1. The van der Waals surface area contributed by atoms with Crippen LogP contribution in [0.4, 0.5) is 9.52 Å². The van der Waals surface area contributed by atoms with Gasteiger partial charge in [-0.05, 0) is 37.3 Å². The van der Waals surface area contributed by atoms with Gasteiger partial charge in [0.15, 0.2) is 11.2 Å². The molecule has 1 amide bonds. The Morgan fingerprint density at radius 2 is 2.13 bits per heavy atom. The summed E-state index contributed by atoms with van der Waals surface area (Å²) in [4.78, 5) is 16.3. The van der Waals surface area contributed by atoms with Crippen LogP contribution in [-0.2, 0) is 4.79 Å². The van der Waals surface area contributed by atoms with Crippen molar-refractivity contribution in [1.82, 2.24) is 4.98 Å². The third-order valence-electron chi connectivity index (χ3n) is 3.08. The van der Waals surface area contributed by atoms with Crippen LogP contribution in [0.3, 0.4) is 0 Å². The average Bonchev–Trinajstić information content (AvgIpc) is 2.91. The van der Waals surface area contributed by atoms with Crippen molar-refractivity contribution in [2.24, 2.45) is 0 Å². The first kappa shape index (κ1) is 15.9. The molecule has 1 N–H and O–H groups in total. The molecule has 7 heteroatoms. The normalized spacial score (nSPS) is 12.1. The summed E-state index contributed by atoms with van der Waals surface area (Å²) in [5, 5.41) is 3.01. The molecule has 3 aromatic rings. The summed E-state index contributed by atoms with van der Waals surface area (Å²) < 4.78 is 20.8. The molecule has 0 saturated carbocycles. The Morgan fingerprint density at radius 1 is 1.35 bits per heavy atom. The number of benzene rings is 2. The first-order valence-electron chi connectivity index (χ1n) is 6.81.